The lowest BCUT2D eigenvalue weighted by Gasteiger charge is -2.17. The Bertz CT molecular complexity index is 463. The summed E-state index contributed by atoms with van der Waals surface area (Å²) in [5.74, 6) is -0.110. The van der Waals surface area contributed by atoms with E-state index in [1.165, 1.54) is 23.4 Å². The lowest BCUT2D eigenvalue weighted by Crippen LogP contribution is -2.39. The van der Waals surface area contributed by atoms with Crippen molar-refractivity contribution in [3.05, 3.63) is 29.0 Å². The van der Waals surface area contributed by atoms with Gasteiger partial charge in [0.05, 0.1) is 17.1 Å². The number of hydrogen-bond donors (Lipinski definition) is 1. The Morgan fingerprint density at radius 1 is 1.47 bits per heavy atom. The number of nitrogens with one attached hydrogen (secondary N) is 1. The Morgan fingerprint density at radius 2 is 2.16 bits per heavy atom. The van der Waals surface area contributed by atoms with Crippen LogP contribution in [0, 0.1) is 5.92 Å². The molecule has 0 radical (unpaired) electrons. The lowest BCUT2D eigenvalue weighted by molar-refractivity contribution is -0.121. The summed E-state index contributed by atoms with van der Waals surface area (Å²) in [7, 11) is 1.56. The summed E-state index contributed by atoms with van der Waals surface area (Å²) in [5.41, 5.74) is 0.343. The van der Waals surface area contributed by atoms with Gasteiger partial charge in [-0.05, 0) is 12.0 Å². The first-order valence-electron chi connectivity index (χ1n) is 6.03. The third-order valence-electron chi connectivity index (χ3n) is 2.44. The highest BCUT2D eigenvalue weighted by Crippen LogP contribution is 2.14. The molecule has 2 amide bonds. The van der Waals surface area contributed by atoms with Gasteiger partial charge in [0.1, 0.15) is 0 Å². The Kier molecular flexibility index (Phi) is 5.76. The maximum absolute atomic E-state index is 12.1. The summed E-state index contributed by atoms with van der Waals surface area (Å²) in [4.78, 5) is 28.8. The fourth-order valence-corrected chi connectivity index (χ4v) is 1.62. The summed E-state index contributed by atoms with van der Waals surface area (Å²) in [6.45, 7) is 4.61. The second kappa shape index (κ2) is 7.09. The first kappa shape index (κ1) is 15.4. The minimum Gasteiger partial charge on any atom is -0.354 e. The van der Waals surface area contributed by atoms with Gasteiger partial charge < -0.3 is 10.2 Å². The van der Waals surface area contributed by atoms with Crippen molar-refractivity contribution in [3.63, 3.8) is 0 Å². The largest absolute Gasteiger partial charge is 0.354 e. The molecular formula is C13H18ClN3O2. The van der Waals surface area contributed by atoms with Crippen LogP contribution in [0.4, 0.5) is 0 Å². The molecule has 0 saturated carbocycles. The molecule has 6 heteroatoms. The highest BCUT2D eigenvalue weighted by molar-refractivity contribution is 6.33. The average molecular weight is 284 g/mol. The summed E-state index contributed by atoms with van der Waals surface area (Å²) in [6, 6.07) is 1.53. The Balaban J connectivity index is 2.58. The van der Waals surface area contributed by atoms with E-state index in [2.05, 4.69) is 10.3 Å². The summed E-state index contributed by atoms with van der Waals surface area (Å²) >= 11 is 5.89. The van der Waals surface area contributed by atoms with E-state index in [1.807, 2.05) is 13.8 Å². The summed E-state index contributed by atoms with van der Waals surface area (Å²) < 4.78 is 0. The van der Waals surface area contributed by atoms with Crippen LogP contribution in [0.15, 0.2) is 18.5 Å². The molecule has 0 aliphatic heterocycles. The topological polar surface area (TPSA) is 62.3 Å². The van der Waals surface area contributed by atoms with E-state index >= 15 is 0 Å². The van der Waals surface area contributed by atoms with Gasteiger partial charge in [-0.15, -0.1) is 0 Å². The zero-order valence-corrected chi connectivity index (χ0v) is 12.1. The van der Waals surface area contributed by atoms with E-state index in [1.54, 1.807) is 7.05 Å². The number of carbonyl (C=O) groups is 2. The molecule has 0 atom stereocenters. The van der Waals surface area contributed by atoms with Crippen molar-refractivity contribution in [2.75, 3.05) is 20.1 Å². The maximum Gasteiger partial charge on any atom is 0.255 e. The minimum atomic E-state index is -0.299. The third kappa shape index (κ3) is 4.87. The van der Waals surface area contributed by atoms with Crippen LogP contribution in [0.1, 0.15) is 24.2 Å². The maximum atomic E-state index is 12.1. The van der Waals surface area contributed by atoms with Crippen molar-refractivity contribution in [3.8, 4) is 0 Å². The van der Waals surface area contributed by atoms with Crippen molar-refractivity contribution >= 4 is 23.4 Å². The molecule has 1 N–H and O–H groups in total. The van der Waals surface area contributed by atoms with Crippen LogP contribution in [-0.4, -0.2) is 41.8 Å². The van der Waals surface area contributed by atoms with Crippen LogP contribution in [0.2, 0.25) is 5.02 Å². The molecule has 19 heavy (non-hydrogen) atoms. The van der Waals surface area contributed by atoms with Gasteiger partial charge >= 0.3 is 0 Å². The highest BCUT2D eigenvalue weighted by Gasteiger charge is 2.17. The fourth-order valence-electron chi connectivity index (χ4n) is 1.42. The average Bonchev–Trinajstić information content (AvgIpc) is 2.36. The van der Waals surface area contributed by atoms with E-state index in [4.69, 9.17) is 11.6 Å². The van der Waals surface area contributed by atoms with E-state index in [-0.39, 0.29) is 23.4 Å². The summed E-state index contributed by atoms with van der Waals surface area (Å²) in [6.07, 6.45) is 2.90. The van der Waals surface area contributed by atoms with Gasteiger partial charge in [0.2, 0.25) is 5.91 Å². The predicted molar refractivity (Wildman–Crippen MR) is 74.1 cm³/mol. The molecule has 0 saturated heterocycles. The van der Waals surface area contributed by atoms with Gasteiger partial charge in [-0.25, -0.2) is 0 Å². The third-order valence-corrected chi connectivity index (χ3v) is 2.74. The molecule has 0 unspecified atom stereocenters. The molecule has 0 fully saturated rings. The number of pyridine rings is 1. The summed E-state index contributed by atoms with van der Waals surface area (Å²) in [5, 5.41) is 3.04. The quantitative estimate of drug-likeness (QED) is 0.892. The fraction of sp³-hybridized carbons (Fsp3) is 0.462. The Labute approximate surface area is 118 Å². The van der Waals surface area contributed by atoms with Crippen LogP contribution in [0.25, 0.3) is 0 Å². The predicted octanol–water partition coefficient (Wildman–Crippen LogP) is 1.58. The zero-order chi connectivity index (χ0) is 14.4. The van der Waals surface area contributed by atoms with Crippen LogP contribution >= 0.6 is 11.6 Å². The van der Waals surface area contributed by atoms with Crippen molar-refractivity contribution in [2.45, 2.75) is 13.8 Å². The minimum absolute atomic E-state index is 0.00417. The van der Waals surface area contributed by atoms with Gasteiger partial charge in [-0.3, -0.25) is 14.6 Å². The molecule has 0 spiro atoms. The van der Waals surface area contributed by atoms with E-state index in [9.17, 15) is 9.59 Å². The Hall–Kier alpha value is -1.62. The van der Waals surface area contributed by atoms with Gasteiger partial charge in [0.15, 0.2) is 0 Å². The second-order valence-corrected chi connectivity index (χ2v) is 5.12. The van der Waals surface area contributed by atoms with Gasteiger partial charge in [0, 0.05) is 26.0 Å². The standard InChI is InChI=1S/C13H18ClN3O2/c1-9(2)6-16-12(18)8-17(3)13(19)10-4-5-15-7-11(10)14/h4-5,7,9H,6,8H2,1-3H3,(H,16,18). The molecule has 0 aliphatic rings. The number of halogens is 1. The van der Waals surface area contributed by atoms with Crippen molar-refractivity contribution < 1.29 is 9.59 Å². The van der Waals surface area contributed by atoms with E-state index in [0.29, 0.717) is 18.0 Å². The number of carbonyl (C=O) groups excluding carboxylic acids is 2. The SMILES string of the molecule is CC(C)CNC(=O)CN(C)C(=O)c1ccncc1Cl. The molecule has 1 rings (SSSR count). The number of aromatic nitrogens is 1. The van der Waals surface area contributed by atoms with Gasteiger partial charge in [0.25, 0.3) is 5.91 Å². The second-order valence-electron chi connectivity index (χ2n) is 4.71. The van der Waals surface area contributed by atoms with Crippen LogP contribution < -0.4 is 5.32 Å². The highest BCUT2D eigenvalue weighted by atomic mass is 35.5. The smallest absolute Gasteiger partial charge is 0.255 e. The van der Waals surface area contributed by atoms with E-state index in [0.717, 1.165) is 0 Å². The molecule has 0 bridgehead atoms. The number of hydrogen-bond acceptors (Lipinski definition) is 3. The molecule has 104 valence electrons. The first-order chi connectivity index (χ1) is 8.91. The molecule has 1 aromatic rings. The number of likely N-dealkylation sites (N-methyl/N-ethyl adjacent to an activating group) is 1. The van der Waals surface area contributed by atoms with Gasteiger partial charge in [-0.1, -0.05) is 25.4 Å². The van der Waals surface area contributed by atoms with Crippen LogP contribution in [0.3, 0.4) is 0 Å². The molecule has 5 nitrogen and oxygen atoms in total. The first-order valence-corrected chi connectivity index (χ1v) is 6.41. The van der Waals surface area contributed by atoms with Gasteiger partial charge in [-0.2, -0.15) is 0 Å². The number of amides is 2. The molecule has 0 aliphatic carbocycles. The van der Waals surface area contributed by atoms with Crippen molar-refractivity contribution in [2.24, 2.45) is 5.92 Å². The normalized spacial score (nSPS) is 10.4. The van der Waals surface area contributed by atoms with Crippen LogP contribution in [0.5, 0.6) is 0 Å². The van der Waals surface area contributed by atoms with Crippen molar-refractivity contribution in [1.29, 1.82) is 0 Å². The van der Waals surface area contributed by atoms with Crippen LogP contribution in [-0.2, 0) is 4.79 Å². The Morgan fingerprint density at radius 3 is 2.74 bits per heavy atom. The molecule has 0 aromatic carbocycles. The molecule has 1 heterocycles. The van der Waals surface area contributed by atoms with E-state index < -0.39 is 0 Å². The monoisotopic (exact) mass is 283 g/mol. The molecular weight excluding hydrogens is 266 g/mol. The number of nitrogens with zero attached hydrogens (tertiary/aromatic N) is 2. The molecule has 1 aromatic heterocycles. The number of rotatable bonds is 5. The lowest BCUT2D eigenvalue weighted by atomic mass is 10.2. The zero-order valence-electron chi connectivity index (χ0n) is 11.3. The van der Waals surface area contributed by atoms with Crippen molar-refractivity contribution in [1.82, 2.24) is 15.2 Å².